The van der Waals surface area contributed by atoms with Crippen LogP contribution in [-0.2, 0) is 0 Å². The summed E-state index contributed by atoms with van der Waals surface area (Å²) in [6, 6.07) is 0. The number of hydrogen-bond acceptors (Lipinski definition) is 0. The molecule has 0 radical (unpaired) electrons. The van der Waals surface area contributed by atoms with E-state index in [2.05, 4.69) is 36.7 Å². The van der Waals surface area contributed by atoms with Crippen molar-refractivity contribution >= 4 is 15.9 Å². The fourth-order valence-corrected chi connectivity index (χ4v) is 0.986. The third-order valence-electron chi connectivity index (χ3n) is 1.32. The summed E-state index contributed by atoms with van der Waals surface area (Å²) >= 11 is 3.38. The van der Waals surface area contributed by atoms with Gasteiger partial charge in [-0.1, -0.05) is 27.1 Å². The zero-order valence-electron chi connectivity index (χ0n) is 5.79. The molecule has 0 unspecified atom stereocenters. The highest BCUT2D eigenvalue weighted by molar-refractivity contribution is 9.09. The van der Waals surface area contributed by atoms with Gasteiger partial charge in [-0.05, 0) is 27.2 Å². The second kappa shape index (κ2) is 4.13. The van der Waals surface area contributed by atoms with Crippen LogP contribution in [0.2, 0.25) is 0 Å². The predicted molar refractivity (Wildman–Crippen MR) is 42.5 cm³/mol. The molecule has 0 aromatic carbocycles. The van der Waals surface area contributed by atoms with Gasteiger partial charge in [-0.2, -0.15) is 0 Å². The van der Waals surface area contributed by atoms with Gasteiger partial charge in [0.1, 0.15) is 0 Å². The molecule has 0 saturated carbocycles. The summed E-state index contributed by atoms with van der Waals surface area (Å²) < 4.78 is 0. The Balaban J connectivity index is 3.62. The second-order valence-electron chi connectivity index (χ2n) is 2.22. The third kappa shape index (κ3) is 3.25. The molecule has 0 N–H and O–H groups in total. The van der Waals surface area contributed by atoms with Gasteiger partial charge in [0.05, 0.1) is 0 Å². The van der Waals surface area contributed by atoms with Crippen molar-refractivity contribution in [3.63, 3.8) is 0 Å². The molecule has 0 aromatic rings. The van der Waals surface area contributed by atoms with Gasteiger partial charge in [0.15, 0.2) is 0 Å². The van der Waals surface area contributed by atoms with Crippen molar-refractivity contribution in [2.75, 3.05) is 5.33 Å². The largest absolute Gasteiger partial charge is 0.0925 e. The SMILES string of the molecule is CC(C)=C(C)CCBr. The molecular weight excluding hydrogens is 164 g/mol. The summed E-state index contributed by atoms with van der Waals surface area (Å²) in [5.41, 5.74) is 2.95. The van der Waals surface area contributed by atoms with Crippen LogP contribution in [0.15, 0.2) is 11.1 Å². The molecule has 8 heavy (non-hydrogen) atoms. The summed E-state index contributed by atoms with van der Waals surface area (Å²) in [7, 11) is 0. The Bertz CT molecular complexity index is 88.6. The zero-order chi connectivity index (χ0) is 6.57. The summed E-state index contributed by atoms with van der Waals surface area (Å²) in [4.78, 5) is 0. The molecular formula is C7H13Br. The zero-order valence-corrected chi connectivity index (χ0v) is 7.38. The molecule has 48 valence electrons. The first-order valence-corrected chi connectivity index (χ1v) is 3.99. The van der Waals surface area contributed by atoms with Gasteiger partial charge in [0.25, 0.3) is 0 Å². The normalized spacial score (nSPS) is 9.00. The number of rotatable bonds is 2. The molecule has 0 spiro atoms. The molecule has 0 bridgehead atoms. The Labute approximate surface area is 60.1 Å². The Hall–Kier alpha value is 0.220. The fourth-order valence-electron chi connectivity index (χ4n) is 0.392. The van der Waals surface area contributed by atoms with Gasteiger partial charge in [0, 0.05) is 5.33 Å². The second-order valence-corrected chi connectivity index (χ2v) is 3.01. The van der Waals surface area contributed by atoms with Crippen LogP contribution in [0.5, 0.6) is 0 Å². The van der Waals surface area contributed by atoms with E-state index in [1.807, 2.05) is 0 Å². The Morgan fingerprint density at radius 3 is 1.88 bits per heavy atom. The maximum Gasteiger partial charge on any atom is 0.00685 e. The summed E-state index contributed by atoms with van der Waals surface area (Å²) in [5, 5.41) is 1.09. The Kier molecular flexibility index (Phi) is 4.25. The fraction of sp³-hybridized carbons (Fsp3) is 0.714. The van der Waals surface area contributed by atoms with E-state index in [1.165, 1.54) is 17.6 Å². The van der Waals surface area contributed by atoms with E-state index >= 15 is 0 Å². The van der Waals surface area contributed by atoms with Crippen molar-refractivity contribution in [2.45, 2.75) is 27.2 Å². The van der Waals surface area contributed by atoms with Crippen molar-refractivity contribution in [1.29, 1.82) is 0 Å². The lowest BCUT2D eigenvalue weighted by Gasteiger charge is -1.97. The monoisotopic (exact) mass is 176 g/mol. The van der Waals surface area contributed by atoms with E-state index in [0.717, 1.165) is 5.33 Å². The maximum atomic E-state index is 3.38. The van der Waals surface area contributed by atoms with E-state index in [-0.39, 0.29) is 0 Å². The van der Waals surface area contributed by atoms with Gasteiger partial charge < -0.3 is 0 Å². The minimum Gasteiger partial charge on any atom is -0.0925 e. The van der Waals surface area contributed by atoms with Gasteiger partial charge in [0.2, 0.25) is 0 Å². The maximum absolute atomic E-state index is 3.38. The Morgan fingerprint density at radius 1 is 1.25 bits per heavy atom. The molecule has 0 heterocycles. The number of hydrogen-bond donors (Lipinski definition) is 0. The van der Waals surface area contributed by atoms with E-state index in [0.29, 0.717) is 0 Å². The van der Waals surface area contributed by atoms with Crippen LogP contribution in [0.1, 0.15) is 27.2 Å². The molecule has 1 heteroatoms. The lowest BCUT2D eigenvalue weighted by Crippen LogP contribution is -1.80. The quantitative estimate of drug-likeness (QED) is 0.449. The number of allylic oxidation sites excluding steroid dienone is 2. The van der Waals surface area contributed by atoms with E-state index in [1.54, 1.807) is 0 Å². The van der Waals surface area contributed by atoms with Crippen LogP contribution in [0.3, 0.4) is 0 Å². The highest BCUT2D eigenvalue weighted by Gasteiger charge is 1.87. The molecule has 0 rings (SSSR count). The third-order valence-corrected chi connectivity index (χ3v) is 1.72. The van der Waals surface area contributed by atoms with Crippen molar-refractivity contribution in [3.8, 4) is 0 Å². The van der Waals surface area contributed by atoms with E-state index < -0.39 is 0 Å². The minimum atomic E-state index is 1.09. The molecule has 0 aliphatic rings. The number of halogens is 1. The lowest BCUT2D eigenvalue weighted by atomic mass is 10.1. The molecule has 0 aromatic heterocycles. The van der Waals surface area contributed by atoms with Gasteiger partial charge >= 0.3 is 0 Å². The lowest BCUT2D eigenvalue weighted by molar-refractivity contribution is 1.07. The first kappa shape index (κ1) is 8.22. The van der Waals surface area contributed by atoms with Crippen LogP contribution in [0, 0.1) is 0 Å². The predicted octanol–water partition coefficient (Wildman–Crippen LogP) is 3.13. The average Bonchev–Trinajstić information content (AvgIpc) is 1.67. The van der Waals surface area contributed by atoms with Crippen LogP contribution < -0.4 is 0 Å². The molecule has 0 aliphatic carbocycles. The molecule has 0 fully saturated rings. The average molecular weight is 177 g/mol. The van der Waals surface area contributed by atoms with E-state index in [4.69, 9.17) is 0 Å². The van der Waals surface area contributed by atoms with Crippen molar-refractivity contribution < 1.29 is 0 Å². The Morgan fingerprint density at radius 2 is 1.75 bits per heavy atom. The molecule has 0 saturated heterocycles. The highest BCUT2D eigenvalue weighted by Crippen LogP contribution is 2.07. The summed E-state index contributed by atoms with van der Waals surface area (Å²) in [6.07, 6.45) is 1.18. The summed E-state index contributed by atoms with van der Waals surface area (Å²) in [6.45, 7) is 6.48. The van der Waals surface area contributed by atoms with Crippen LogP contribution in [0.4, 0.5) is 0 Å². The minimum absolute atomic E-state index is 1.09. The number of alkyl halides is 1. The van der Waals surface area contributed by atoms with Crippen LogP contribution >= 0.6 is 15.9 Å². The van der Waals surface area contributed by atoms with Gasteiger partial charge in [-0.15, -0.1) is 0 Å². The van der Waals surface area contributed by atoms with E-state index in [9.17, 15) is 0 Å². The van der Waals surface area contributed by atoms with Gasteiger partial charge in [-0.3, -0.25) is 0 Å². The van der Waals surface area contributed by atoms with Crippen LogP contribution in [0.25, 0.3) is 0 Å². The van der Waals surface area contributed by atoms with Crippen molar-refractivity contribution in [1.82, 2.24) is 0 Å². The van der Waals surface area contributed by atoms with Crippen molar-refractivity contribution in [2.24, 2.45) is 0 Å². The molecule has 0 aliphatic heterocycles. The standard InChI is InChI=1S/C7H13Br/c1-6(2)7(3)4-5-8/h4-5H2,1-3H3. The van der Waals surface area contributed by atoms with Crippen LogP contribution in [-0.4, -0.2) is 5.33 Å². The van der Waals surface area contributed by atoms with Crippen molar-refractivity contribution in [3.05, 3.63) is 11.1 Å². The first-order chi connectivity index (χ1) is 3.68. The summed E-state index contributed by atoms with van der Waals surface area (Å²) in [5.74, 6) is 0. The highest BCUT2D eigenvalue weighted by atomic mass is 79.9. The molecule has 0 amide bonds. The smallest absolute Gasteiger partial charge is 0.00685 e. The molecule has 0 nitrogen and oxygen atoms in total. The van der Waals surface area contributed by atoms with Gasteiger partial charge in [-0.25, -0.2) is 0 Å². The molecule has 0 atom stereocenters. The topological polar surface area (TPSA) is 0 Å². The first-order valence-electron chi connectivity index (χ1n) is 2.87.